The van der Waals surface area contributed by atoms with Crippen LogP contribution in [0.1, 0.15) is 40.4 Å². The van der Waals surface area contributed by atoms with Crippen molar-refractivity contribution in [3.8, 4) is 17.2 Å². The number of carbonyl (C=O) groups is 1. The maximum absolute atomic E-state index is 13.3. The second-order valence-corrected chi connectivity index (χ2v) is 11.1. The summed E-state index contributed by atoms with van der Waals surface area (Å²) in [5.74, 6) is 2.06. The van der Waals surface area contributed by atoms with E-state index in [-0.39, 0.29) is 11.8 Å². The molecule has 1 amide bonds. The van der Waals surface area contributed by atoms with Crippen molar-refractivity contribution in [2.45, 2.75) is 30.6 Å². The van der Waals surface area contributed by atoms with Crippen LogP contribution in [0.5, 0.6) is 11.5 Å². The van der Waals surface area contributed by atoms with E-state index in [9.17, 15) is 4.79 Å². The van der Waals surface area contributed by atoms with Crippen LogP contribution < -0.4 is 14.8 Å². The largest absolute Gasteiger partial charge is 0.493 e. The SMILES string of the molecule is COc1ccc(SN2CCC(c3cc(NC(=O)c4cnn5cccnc45)n(-c4ccc(C)cc4)n3)CC2)cc1OC. The summed E-state index contributed by atoms with van der Waals surface area (Å²) in [6.45, 7) is 3.88. The molecule has 0 atom stereocenters. The lowest BCUT2D eigenvalue weighted by atomic mass is 9.95. The summed E-state index contributed by atoms with van der Waals surface area (Å²) in [6.07, 6.45) is 6.87. The van der Waals surface area contributed by atoms with E-state index in [1.54, 1.807) is 49.1 Å². The number of benzene rings is 2. The molecule has 0 radical (unpaired) electrons. The standard InChI is InChI=1S/C30H31N7O3S/c1-20-5-7-22(8-6-20)37-28(33-30(38)24-19-32-36-14-4-13-31-29(24)36)18-25(34-37)21-11-15-35(16-12-21)41-23-9-10-26(39-2)27(17-23)40-3/h4-10,13-14,17-19,21H,11-12,15-16H2,1-3H3,(H,33,38). The van der Waals surface area contributed by atoms with Gasteiger partial charge in [-0.05, 0) is 68.1 Å². The Bertz CT molecular complexity index is 1670. The smallest absolute Gasteiger partial charge is 0.262 e. The van der Waals surface area contributed by atoms with Gasteiger partial charge in [-0.1, -0.05) is 17.7 Å². The molecule has 0 bridgehead atoms. The molecule has 6 rings (SSSR count). The van der Waals surface area contributed by atoms with Gasteiger partial charge in [-0.3, -0.25) is 4.79 Å². The highest BCUT2D eigenvalue weighted by Crippen LogP contribution is 2.37. The molecule has 3 aromatic heterocycles. The van der Waals surface area contributed by atoms with E-state index in [0.29, 0.717) is 17.0 Å². The molecule has 0 saturated carbocycles. The second kappa shape index (κ2) is 11.6. The number of hydrogen-bond acceptors (Lipinski definition) is 8. The zero-order valence-electron chi connectivity index (χ0n) is 23.2. The number of aromatic nitrogens is 5. The summed E-state index contributed by atoms with van der Waals surface area (Å²) in [4.78, 5) is 18.8. The summed E-state index contributed by atoms with van der Waals surface area (Å²) in [5.41, 5.74) is 3.92. The zero-order chi connectivity index (χ0) is 28.3. The lowest BCUT2D eigenvalue weighted by molar-refractivity contribution is 0.102. The van der Waals surface area contributed by atoms with E-state index >= 15 is 0 Å². The Kier molecular flexibility index (Phi) is 7.62. The van der Waals surface area contributed by atoms with Gasteiger partial charge in [0.15, 0.2) is 17.1 Å². The van der Waals surface area contributed by atoms with Crippen molar-refractivity contribution in [2.75, 3.05) is 32.6 Å². The molecular weight excluding hydrogens is 538 g/mol. The minimum absolute atomic E-state index is 0.276. The Labute approximate surface area is 242 Å². The minimum atomic E-state index is -0.278. The molecule has 0 unspecified atom stereocenters. The number of ether oxygens (including phenoxy) is 2. The summed E-state index contributed by atoms with van der Waals surface area (Å²) < 4.78 is 16.6. The van der Waals surface area contributed by atoms with E-state index in [0.717, 1.165) is 59.3 Å². The quantitative estimate of drug-likeness (QED) is 0.249. The first kappa shape index (κ1) is 26.9. The number of nitrogens with one attached hydrogen (secondary N) is 1. The Morgan fingerprint density at radius 3 is 2.56 bits per heavy atom. The second-order valence-electron chi connectivity index (χ2n) is 9.91. The Hall–Kier alpha value is -4.35. The van der Waals surface area contributed by atoms with Crippen molar-refractivity contribution in [3.63, 3.8) is 0 Å². The number of nitrogens with zero attached hydrogens (tertiary/aromatic N) is 6. The minimum Gasteiger partial charge on any atom is -0.493 e. The summed E-state index contributed by atoms with van der Waals surface area (Å²) >= 11 is 1.73. The fourth-order valence-corrected chi connectivity index (χ4v) is 5.99. The normalized spacial score (nSPS) is 14.3. The molecule has 10 nitrogen and oxygen atoms in total. The lowest BCUT2D eigenvalue weighted by Crippen LogP contribution is -2.27. The van der Waals surface area contributed by atoms with Crippen molar-refractivity contribution in [1.29, 1.82) is 0 Å². The summed E-state index contributed by atoms with van der Waals surface area (Å²) in [7, 11) is 3.29. The van der Waals surface area contributed by atoms with Crippen molar-refractivity contribution >= 4 is 29.3 Å². The molecular formula is C30H31N7O3S. The highest BCUT2D eigenvalue weighted by atomic mass is 32.2. The van der Waals surface area contributed by atoms with Crippen LogP contribution in [0, 0.1) is 6.92 Å². The fraction of sp³-hybridized carbons (Fsp3) is 0.267. The summed E-state index contributed by atoms with van der Waals surface area (Å²) in [6, 6.07) is 17.9. The van der Waals surface area contributed by atoms with Gasteiger partial charge in [-0.25, -0.2) is 18.5 Å². The van der Waals surface area contributed by atoms with Crippen molar-refractivity contribution in [2.24, 2.45) is 0 Å². The number of aryl methyl sites for hydroxylation is 1. The molecule has 1 fully saturated rings. The van der Waals surface area contributed by atoms with Gasteiger partial charge in [0.2, 0.25) is 0 Å². The molecule has 1 N–H and O–H groups in total. The first-order valence-electron chi connectivity index (χ1n) is 13.4. The van der Waals surface area contributed by atoms with Gasteiger partial charge in [-0.2, -0.15) is 10.2 Å². The van der Waals surface area contributed by atoms with Crippen molar-refractivity contribution in [1.82, 2.24) is 28.7 Å². The molecule has 1 aliphatic heterocycles. The van der Waals surface area contributed by atoms with Crippen molar-refractivity contribution in [3.05, 3.63) is 90.0 Å². The van der Waals surface area contributed by atoms with E-state index < -0.39 is 0 Å². The Balaban J connectivity index is 1.20. The number of fused-ring (bicyclic) bond motifs is 1. The lowest BCUT2D eigenvalue weighted by Gasteiger charge is -2.30. The molecule has 4 heterocycles. The van der Waals surface area contributed by atoms with Crippen LogP contribution in [-0.4, -0.2) is 61.9 Å². The predicted octanol–water partition coefficient (Wildman–Crippen LogP) is 5.38. The van der Waals surface area contributed by atoms with Gasteiger partial charge in [0.1, 0.15) is 11.4 Å². The topological polar surface area (TPSA) is 98.8 Å². The van der Waals surface area contributed by atoms with Gasteiger partial charge in [0.25, 0.3) is 5.91 Å². The molecule has 1 aliphatic rings. The fourth-order valence-electron chi connectivity index (χ4n) is 5.01. The number of carbonyl (C=O) groups excluding carboxylic acids is 1. The van der Waals surface area contributed by atoms with Crippen LogP contribution in [0.3, 0.4) is 0 Å². The van der Waals surface area contributed by atoms with E-state index in [1.807, 2.05) is 54.1 Å². The van der Waals surface area contributed by atoms with Crippen LogP contribution in [0.15, 0.2) is 78.1 Å². The molecule has 0 spiro atoms. The van der Waals surface area contributed by atoms with Gasteiger partial charge >= 0.3 is 0 Å². The number of methoxy groups -OCH3 is 2. The van der Waals surface area contributed by atoms with Gasteiger partial charge < -0.3 is 14.8 Å². The molecule has 41 heavy (non-hydrogen) atoms. The van der Waals surface area contributed by atoms with Gasteiger partial charge in [-0.15, -0.1) is 0 Å². The van der Waals surface area contributed by atoms with Gasteiger partial charge in [0, 0.05) is 42.4 Å². The Morgan fingerprint density at radius 1 is 1.02 bits per heavy atom. The third kappa shape index (κ3) is 5.63. The van der Waals surface area contributed by atoms with Crippen molar-refractivity contribution < 1.29 is 14.3 Å². The average molecular weight is 570 g/mol. The predicted molar refractivity (Wildman–Crippen MR) is 158 cm³/mol. The molecule has 11 heteroatoms. The molecule has 2 aromatic carbocycles. The zero-order valence-corrected chi connectivity index (χ0v) is 24.0. The molecule has 210 valence electrons. The monoisotopic (exact) mass is 569 g/mol. The maximum Gasteiger partial charge on any atom is 0.262 e. The summed E-state index contributed by atoms with van der Waals surface area (Å²) in [5, 5.41) is 12.3. The number of anilines is 1. The molecule has 5 aromatic rings. The maximum atomic E-state index is 13.3. The molecule has 0 aliphatic carbocycles. The van der Waals surface area contributed by atoms with E-state index in [1.165, 1.54) is 6.20 Å². The highest BCUT2D eigenvalue weighted by Gasteiger charge is 2.26. The number of piperidine rings is 1. The van der Waals surface area contributed by atoms with Crippen LogP contribution in [0.25, 0.3) is 11.3 Å². The van der Waals surface area contributed by atoms with Gasteiger partial charge in [0.05, 0.1) is 31.8 Å². The van der Waals surface area contributed by atoms with Crippen LogP contribution in [-0.2, 0) is 0 Å². The third-order valence-electron chi connectivity index (χ3n) is 7.23. The number of hydrogen-bond donors (Lipinski definition) is 1. The van der Waals surface area contributed by atoms with Crippen LogP contribution in [0.2, 0.25) is 0 Å². The first-order valence-corrected chi connectivity index (χ1v) is 14.2. The highest BCUT2D eigenvalue weighted by molar-refractivity contribution is 7.97. The number of amides is 1. The van der Waals surface area contributed by atoms with Crippen LogP contribution in [0.4, 0.5) is 5.82 Å². The Morgan fingerprint density at radius 2 is 1.80 bits per heavy atom. The first-order chi connectivity index (χ1) is 20.0. The third-order valence-corrected chi connectivity index (χ3v) is 8.32. The average Bonchev–Trinajstić information content (AvgIpc) is 3.63. The van der Waals surface area contributed by atoms with Crippen LogP contribution >= 0.6 is 11.9 Å². The number of rotatable bonds is 8. The molecule has 1 saturated heterocycles. The van der Waals surface area contributed by atoms with E-state index in [4.69, 9.17) is 14.6 Å². The van der Waals surface area contributed by atoms with E-state index in [2.05, 4.69) is 25.8 Å².